The Morgan fingerprint density at radius 1 is 1.27 bits per heavy atom. The first-order valence-electron chi connectivity index (χ1n) is 4.16. The Morgan fingerprint density at radius 3 is 2.40 bits per heavy atom. The van der Waals surface area contributed by atoms with E-state index in [0.29, 0.717) is 5.13 Å². The van der Waals surface area contributed by atoms with Gasteiger partial charge < -0.3 is 5.73 Å². The van der Waals surface area contributed by atoms with E-state index in [2.05, 4.69) is 45.2 Å². The fourth-order valence-electron chi connectivity index (χ4n) is 1.18. The van der Waals surface area contributed by atoms with Gasteiger partial charge in [0, 0.05) is 16.3 Å². The minimum absolute atomic E-state index is 0. The number of anilines is 1. The molecular formula is C10H10Br2N2S. The van der Waals surface area contributed by atoms with Crippen LogP contribution >= 0.6 is 44.2 Å². The van der Waals surface area contributed by atoms with Crippen LogP contribution in [-0.2, 0) is 5.33 Å². The summed E-state index contributed by atoms with van der Waals surface area (Å²) in [5.41, 5.74) is 8.90. The van der Waals surface area contributed by atoms with Gasteiger partial charge in [-0.2, -0.15) is 0 Å². The SMILES string of the molecule is Br.Nc1nc(-c2ccc(CBr)cc2)cs1. The van der Waals surface area contributed by atoms with E-state index >= 15 is 0 Å². The van der Waals surface area contributed by atoms with Crippen molar-refractivity contribution in [3.63, 3.8) is 0 Å². The van der Waals surface area contributed by atoms with Gasteiger partial charge in [0.2, 0.25) is 0 Å². The summed E-state index contributed by atoms with van der Waals surface area (Å²) in [5.74, 6) is 0. The van der Waals surface area contributed by atoms with E-state index in [1.807, 2.05) is 5.38 Å². The van der Waals surface area contributed by atoms with E-state index in [1.165, 1.54) is 16.9 Å². The van der Waals surface area contributed by atoms with Crippen LogP contribution in [0.4, 0.5) is 5.13 Å². The third-order valence-electron chi connectivity index (χ3n) is 1.93. The molecule has 0 fully saturated rings. The van der Waals surface area contributed by atoms with Crippen molar-refractivity contribution in [3.05, 3.63) is 35.2 Å². The number of benzene rings is 1. The normalized spacial score (nSPS) is 9.67. The molecule has 0 radical (unpaired) electrons. The summed E-state index contributed by atoms with van der Waals surface area (Å²) in [6.07, 6.45) is 0. The maximum atomic E-state index is 5.57. The molecule has 0 unspecified atom stereocenters. The molecule has 1 heterocycles. The molecule has 0 aliphatic heterocycles. The van der Waals surface area contributed by atoms with E-state index in [9.17, 15) is 0 Å². The Balaban J connectivity index is 0.00000112. The van der Waals surface area contributed by atoms with Crippen molar-refractivity contribution in [2.45, 2.75) is 5.33 Å². The number of nitrogens with zero attached hydrogens (tertiary/aromatic N) is 1. The Labute approximate surface area is 111 Å². The van der Waals surface area contributed by atoms with Crippen molar-refractivity contribution in [1.29, 1.82) is 0 Å². The van der Waals surface area contributed by atoms with Crippen LogP contribution in [0.3, 0.4) is 0 Å². The largest absolute Gasteiger partial charge is 0.375 e. The molecule has 0 saturated heterocycles. The molecule has 0 aliphatic carbocycles. The number of halogens is 2. The molecule has 1 aromatic heterocycles. The number of alkyl halides is 1. The molecule has 0 spiro atoms. The van der Waals surface area contributed by atoms with E-state index in [4.69, 9.17) is 5.73 Å². The molecule has 0 aliphatic rings. The smallest absolute Gasteiger partial charge is 0.180 e. The molecule has 0 amide bonds. The molecule has 2 rings (SSSR count). The van der Waals surface area contributed by atoms with Gasteiger partial charge in [0.1, 0.15) is 0 Å². The van der Waals surface area contributed by atoms with Crippen molar-refractivity contribution >= 4 is 49.4 Å². The quantitative estimate of drug-likeness (QED) is 0.836. The second-order valence-electron chi connectivity index (χ2n) is 2.90. The highest BCUT2D eigenvalue weighted by atomic mass is 79.9. The number of aromatic nitrogens is 1. The fourth-order valence-corrected chi connectivity index (χ4v) is 2.13. The zero-order chi connectivity index (χ0) is 9.97. The van der Waals surface area contributed by atoms with Gasteiger partial charge in [-0.15, -0.1) is 28.3 Å². The number of rotatable bonds is 2. The number of hydrogen-bond acceptors (Lipinski definition) is 3. The highest BCUT2D eigenvalue weighted by Crippen LogP contribution is 2.23. The van der Waals surface area contributed by atoms with Crippen molar-refractivity contribution in [1.82, 2.24) is 4.98 Å². The third-order valence-corrected chi connectivity index (χ3v) is 3.25. The molecule has 2 nitrogen and oxygen atoms in total. The molecule has 5 heteroatoms. The Hall–Kier alpha value is -0.390. The molecule has 0 bridgehead atoms. The first-order valence-corrected chi connectivity index (χ1v) is 6.16. The van der Waals surface area contributed by atoms with Crippen LogP contribution in [0, 0.1) is 0 Å². The number of nitrogen functional groups attached to an aromatic ring is 1. The van der Waals surface area contributed by atoms with Crippen LogP contribution in [0.25, 0.3) is 11.3 Å². The molecule has 15 heavy (non-hydrogen) atoms. The third kappa shape index (κ3) is 3.03. The van der Waals surface area contributed by atoms with Crippen LogP contribution in [0.2, 0.25) is 0 Å². The van der Waals surface area contributed by atoms with Gasteiger partial charge in [-0.3, -0.25) is 0 Å². The van der Waals surface area contributed by atoms with Crippen molar-refractivity contribution in [2.75, 3.05) is 5.73 Å². The first kappa shape index (κ1) is 12.7. The molecule has 1 aromatic carbocycles. The average Bonchev–Trinajstić information content (AvgIpc) is 2.65. The molecule has 80 valence electrons. The number of nitrogens with two attached hydrogens (primary N) is 1. The van der Waals surface area contributed by atoms with Crippen molar-refractivity contribution in [3.8, 4) is 11.3 Å². The van der Waals surface area contributed by atoms with Crippen LogP contribution < -0.4 is 5.73 Å². The van der Waals surface area contributed by atoms with Gasteiger partial charge in [0.15, 0.2) is 5.13 Å². The lowest BCUT2D eigenvalue weighted by Gasteiger charge is -1.98. The zero-order valence-electron chi connectivity index (χ0n) is 7.81. The maximum absolute atomic E-state index is 5.57. The second-order valence-corrected chi connectivity index (χ2v) is 4.35. The van der Waals surface area contributed by atoms with Crippen LogP contribution in [0.5, 0.6) is 0 Å². The standard InChI is InChI=1S/C10H9BrN2S.BrH/c11-5-7-1-3-8(4-2-7)9-6-14-10(12)13-9;/h1-4,6H,5H2,(H2,12,13);1H. The van der Waals surface area contributed by atoms with Crippen LogP contribution in [-0.4, -0.2) is 4.98 Å². The van der Waals surface area contributed by atoms with Gasteiger partial charge in [-0.05, 0) is 5.56 Å². The van der Waals surface area contributed by atoms with Crippen molar-refractivity contribution in [2.24, 2.45) is 0 Å². The van der Waals surface area contributed by atoms with Crippen LogP contribution in [0.15, 0.2) is 29.6 Å². The molecule has 2 aromatic rings. The maximum Gasteiger partial charge on any atom is 0.180 e. The topological polar surface area (TPSA) is 38.9 Å². The summed E-state index contributed by atoms with van der Waals surface area (Å²) in [7, 11) is 0. The van der Waals surface area contributed by atoms with Gasteiger partial charge >= 0.3 is 0 Å². The zero-order valence-corrected chi connectivity index (χ0v) is 11.9. The average molecular weight is 350 g/mol. The monoisotopic (exact) mass is 348 g/mol. The predicted molar refractivity (Wildman–Crippen MR) is 74.9 cm³/mol. The van der Waals surface area contributed by atoms with Gasteiger partial charge in [0.05, 0.1) is 5.69 Å². The van der Waals surface area contributed by atoms with Gasteiger partial charge in [0.25, 0.3) is 0 Å². The lowest BCUT2D eigenvalue weighted by atomic mass is 10.1. The highest BCUT2D eigenvalue weighted by Gasteiger charge is 2.01. The Kier molecular flexibility index (Phi) is 4.76. The summed E-state index contributed by atoms with van der Waals surface area (Å²) in [4.78, 5) is 4.22. The molecule has 2 N–H and O–H groups in total. The molecule has 0 saturated carbocycles. The van der Waals surface area contributed by atoms with E-state index in [1.54, 1.807) is 0 Å². The van der Waals surface area contributed by atoms with Gasteiger partial charge in [-0.25, -0.2) is 4.98 Å². The molecule has 0 atom stereocenters. The Morgan fingerprint density at radius 2 is 1.93 bits per heavy atom. The molecular weight excluding hydrogens is 340 g/mol. The number of hydrogen-bond donors (Lipinski definition) is 1. The summed E-state index contributed by atoms with van der Waals surface area (Å²) in [5, 5.41) is 3.47. The second kappa shape index (κ2) is 5.63. The lowest BCUT2D eigenvalue weighted by Crippen LogP contribution is -1.83. The summed E-state index contributed by atoms with van der Waals surface area (Å²) in [6.45, 7) is 0. The minimum Gasteiger partial charge on any atom is -0.375 e. The van der Waals surface area contributed by atoms with Crippen LogP contribution in [0.1, 0.15) is 5.56 Å². The minimum atomic E-state index is 0. The fraction of sp³-hybridized carbons (Fsp3) is 0.100. The van der Waals surface area contributed by atoms with E-state index in [0.717, 1.165) is 16.6 Å². The van der Waals surface area contributed by atoms with E-state index < -0.39 is 0 Å². The van der Waals surface area contributed by atoms with E-state index in [-0.39, 0.29) is 17.0 Å². The Bertz CT molecular complexity index is 425. The number of thiazole rings is 1. The highest BCUT2D eigenvalue weighted by molar-refractivity contribution is 9.08. The van der Waals surface area contributed by atoms with Crippen molar-refractivity contribution < 1.29 is 0 Å². The van der Waals surface area contributed by atoms with Gasteiger partial charge in [-0.1, -0.05) is 40.2 Å². The predicted octanol–water partition coefficient (Wildman–Crippen LogP) is 3.87. The summed E-state index contributed by atoms with van der Waals surface area (Å²) < 4.78 is 0. The summed E-state index contributed by atoms with van der Waals surface area (Å²) >= 11 is 4.88. The summed E-state index contributed by atoms with van der Waals surface area (Å²) in [6, 6.07) is 8.29. The first-order chi connectivity index (χ1) is 6.79. The lowest BCUT2D eigenvalue weighted by molar-refractivity contribution is 1.39.